The number of rotatable bonds is 3. The van der Waals surface area contributed by atoms with Crippen molar-refractivity contribution in [3.63, 3.8) is 0 Å². The molecule has 2 aromatic rings. The van der Waals surface area contributed by atoms with Crippen molar-refractivity contribution in [1.82, 2.24) is 9.97 Å². The fraction of sp³-hybridized carbons (Fsp3) is 0.467. The Hall–Kier alpha value is -1.13. The van der Waals surface area contributed by atoms with E-state index in [1.54, 1.807) is 11.3 Å². The molecule has 1 N–H and O–H groups in total. The van der Waals surface area contributed by atoms with E-state index in [1.165, 1.54) is 0 Å². The van der Waals surface area contributed by atoms with Crippen LogP contribution < -0.4 is 5.32 Å². The lowest BCUT2D eigenvalue weighted by molar-refractivity contribution is 0.546. The van der Waals surface area contributed by atoms with Crippen molar-refractivity contribution in [2.45, 2.75) is 40.0 Å². The van der Waals surface area contributed by atoms with Gasteiger partial charge < -0.3 is 5.32 Å². The van der Waals surface area contributed by atoms with Crippen LogP contribution in [0.25, 0.3) is 10.6 Å². The number of hydrogen-bond donors (Lipinski definition) is 1. The molecule has 0 atom stereocenters. The first-order valence-electron chi connectivity index (χ1n) is 6.71. The quantitative estimate of drug-likeness (QED) is 0.876. The third-order valence-corrected chi connectivity index (χ3v) is 4.21. The molecule has 0 amide bonds. The lowest BCUT2D eigenvalue weighted by Crippen LogP contribution is -2.18. The minimum Gasteiger partial charge on any atom is -0.370 e. The summed E-state index contributed by atoms with van der Waals surface area (Å²) >= 11 is 7.60. The molecular formula is C15H20ClN3S. The second-order valence-electron chi connectivity index (χ2n) is 5.75. The van der Waals surface area contributed by atoms with Crippen LogP contribution in [0, 0.1) is 6.92 Å². The lowest BCUT2D eigenvalue weighted by Gasteiger charge is -2.20. The molecular weight excluding hydrogens is 290 g/mol. The maximum Gasteiger partial charge on any atom is 0.136 e. The highest BCUT2D eigenvalue weighted by molar-refractivity contribution is 7.19. The van der Waals surface area contributed by atoms with Crippen molar-refractivity contribution in [2.24, 2.45) is 0 Å². The van der Waals surface area contributed by atoms with E-state index in [-0.39, 0.29) is 5.41 Å². The van der Waals surface area contributed by atoms with Gasteiger partial charge >= 0.3 is 0 Å². The average molecular weight is 310 g/mol. The highest BCUT2D eigenvalue weighted by Gasteiger charge is 2.22. The molecule has 0 saturated heterocycles. The van der Waals surface area contributed by atoms with Crippen LogP contribution in [-0.4, -0.2) is 16.5 Å². The zero-order valence-electron chi connectivity index (χ0n) is 12.5. The van der Waals surface area contributed by atoms with Crippen LogP contribution in [0.4, 0.5) is 5.82 Å². The van der Waals surface area contributed by atoms with E-state index in [1.807, 2.05) is 19.1 Å². The Morgan fingerprint density at radius 2 is 1.95 bits per heavy atom. The van der Waals surface area contributed by atoms with Crippen LogP contribution in [0.5, 0.6) is 0 Å². The largest absolute Gasteiger partial charge is 0.370 e. The number of nitrogens with zero attached hydrogens (tertiary/aromatic N) is 2. The molecule has 2 heterocycles. The summed E-state index contributed by atoms with van der Waals surface area (Å²) in [6, 6.07) is 3.93. The Bertz CT molecular complexity index is 614. The zero-order valence-corrected chi connectivity index (χ0v) is 14.1. The van der Waals surface area contributed by atoms with Gasteiger partial charge in [0.2, 0.25) is 0 Å². The smallest absolute Gasteiger partial charge is 0.136 e. The predicted molar refractivity (Wildman–Crippen MR) is 88.0 cm³/mol. The van der Waals surface area contributed by atoms with Crippen molar-refractivity contribution >= 4 is 28.8 Å². The molecule has 2 aromatic heterocycles. The van der Waals surface area contributed by atoms with Crippen LogP contribution in [0.2, 0.25) is 4.34 Å². The zero-order chi connectivity index (χ0) is 14.9. The molecule has 108 valence electrons. The topological polar surface area (TPSA) is 37.8 Å². The monoisotopic (exact) mass is 309 g/mol. The summed E-state index contributed by atoms with van der Waals surface area (Å²) in [4.78, 5) is 10.5. The molecule has 3 nitrogen and oxygen atoms in total. The third kappa shape index (κ3) is 3.13. The summed E-state index contributed by atoms with van der Waals surface area (Å²) < 4.78 is 0.778. The number of halogens is 1. The van der Waals surface area contributed by atoms with Crippen LogP contribution in [0.3, 0.4) is 0 Å². The standard InChI is InChI=1S/C15H20ClN3S/c1-6-17-13-9(2)12(10-7-8-11(16)20-10)18-14(19-13)15(3,4)5/h7-8H,6H2,1-5H3,(H,17,18,19). The van der Waals surface area contributed by atoms with E-state index in [9.17, 15) is 0 Å². The Balaban J connectivity index is 2.63. The van der Waals surface area contributed by atoms with Crippen LogP contribution in [0.1, 0.15) is 39.1 Å². The minimum absolute atomic E-state index is 0.0896. The SMILES string of the molecule is CCNc1nc(C(C)(C)C)nc(-c2ccc(Cl)s2)c1C. The molecule has 0 aliphatic rings. The van der Waals surface area contributed by atoms with E-state index in [4.69, 9.17) is 16.6 Å². The Labute approximate surface area is 129 Å². The lowest BCUT2D eigenvalue weighted by atomic mass is 9.95. The van der Waals surface area contributed by atoms with Crippen LogP contribution in [-0.2, 0) is 5.41 Å². The molecule has 0 aliphatic carbocycles. The van der Waals surface area contributed by atoms with Gasteiger partial charge in [-0.15, -0.1) is 11.3 Å². The maximum absolute atomic E-state index is 6.05. The Kier molecular flexibility index (Phi) is 4.35. The first-order valence-corrected chi connectivity index (χ1v) is 7.91. The maximum atomic E-state index is 6.05. The van der Waals surface area contributed by atoms with E-state index >= 15 is 0 Å². The summed E-state index contributed by atoms with van der Waals surface area (Å²) in [5.41, 5.74) is 1.95. The summed E-state index contributed by atoms with van der Waals surface area (Å²) in [5, 5.41) is 3.33. The molecule has 2 rings (SSSR count). The third-order valence-electron chi connectivity index (χ3n) is 2.97. The van der Waals surface area contributed by atoms with Crippen LogP contribution >= 0.6 is 22.9 Å². The van der Waals surface area contributed by atoms with Crippen molar-refractivity contribution in [3.8, 4) is 10.6 Å². The van der Waals surface area contributed by atoms with Gasteiger partial charge in [-0.05, 0) is 26.0 Å². The van der Waals surface area contributed by atoms with Gasteiger partial charge in [0.15, 0.2) is 0 Å². The fourth-order valence-electron chi connectivity index (χ4n) is 1.87. The van der Waals surface area contributed by atoms with Crippen molar-refractivity contribution in [1.29, 1.82) is 0 Å². The van der Waals surface area contributed by atoms with Gasteiger partial charge in [0.05, 0.1) is 14.9 Å². The first kappa shape index (κ1) is 15.3. The summed E-state index contributed by atoms with van der Waals surface area (Å²) in [5.74, 6) is 1.76. The van der Waals surface area contributed by atoms with Gasteiger partial charge in [0.1, 0.15) is 11.6 Å². The van der Waals surface area contributed by atoms with Crippen LogP contribution in [0.15, 0.2) is 12.1 Å². The fourth-order valence-corrected chi connectivity index (χ4v) is 2.96. The van der Waals surface area contributed by atoms with Crippen molar-refractivity contribution < 1.29 is 0 Å². The van der Waals surface area contributed by atoms with E-state index in [0.29, 0.717) is 0 Å². The molecule has 0 fully saturated rings. The van der Waals surface area contributed by atoms with Gasteiger partial charge in [-0.1, -0.05) is 32.4 Å². The molecule has 0 radical (unpaired) electrons. The van der Waals surface area contributed by atoms with Gasteiger partial charge in [-0.25, -0.2) is 9.97 Å². The van der Waals surface area contributed by atoms with Crippen molar-refractivity contribution in [2.75, 3.05) is 11.9 Å². The molecule has 0 bridgehead atoms. The van der Waals surface area contributed by atoms with E-state index in [2.05, 4.69) is 38.0 Å². The molecule has 5 heteroatoms. The minimum atomic E-state index is -0.0896. The molecule has 20 heavy (non-hydrogen) atoms. The molecule has 0 aliphatic heterocycles. The highest BCUT2D eigenvalue weighted by Crippen LogP contribution is 2.35. The molecule has 0 saturated carbocycles. The van der Waals surface area contributed by atoms with Crippen molar-refractivity contribution in [3.05, 3.63) is 27.9 Å². The van der Waals surface area contributed by atoms with Gasteiger partial charge in [-0.2, -0.15) is 0 Å². The number of anilines is 1. The summed E-state index contributed by atoms with van der Waals surface area (Å²) in [7, 11) is 0. The second kappa shape index (κ2) is 5.70. The first-order chi connectivity index (χ1) is 9.32. The number of thiophene rings is 1. The Morgan fingerprint density at radius 3 is 2.45 bits per heavy atom. The molecule has 0 aromatic carbocycles. The number of aromatic nitrogens is 2. The highest BCUT2D eigenvalue weighted by atomic mass is 35.5. The predicted octanol–water partition coefficient (Wildman–Crippen LogP) is 4.90. The van der Waals surface area contributed by atoms with E-state index in [0.717, 1.165) is 38.7 Å². The number of nitrogens with one attached hydrogen (secondary N) is 1. The number of hydrogen-bond acceptors (Lipinski definition) is 4. The molecule has 0 spiro atoms. The second-order valence-corrected chi connectivity index (χ2v) is 7.47. The van der Waals surface area contributed by atoms with E-state index < -0.39 is 0 Å². The normalized spacial score (nSPS) is 11.7. The van der Waals surface area contributed by atoms with Gasteiger partial charge in [-0.3, -0.25) is 0 Å². The van der Waals surface area contributed by atoms with Gasteiger partial charge in [0, 0.05) is 17.5 Å². The summed E-state index contributed by atoms with van der Waals surface area (Å²) in [6.45, 7) is 11.3. The molecule has 0 unspecified atom stereocenters. The Morgan fingerprint density at radius 1 is 1.25 bits per heavy atom. The average Bonchev–Trinajstić information content (AvgIpc) is 2.77. The summed E-state index contributed by atoms with van der Waals surface area (Å²) in [6.07, 6.45) is 0. The van der Waals surface area contributed by atoms with Gasteiger partial charge in [0.25, 0.3) is 0 Å².